The number of benzene rings is 2. The summed E-state index contributed by atoms with van der Waals surface area (Å²) in [5.74, 6) is -0.619. The minimum atomic E-state index is -0.328. The van der Waals surface area contributed by atoms with Crippen LogP contribution in [0.2, 0.25) is 0 Å². The topological polar surface area (TPSA) is 55.1 Å². The molecule has 0 fully saturated rings. The van der Waals surface area contributed by atoms with Crippen LogP contribution in [0.25, 0.3) is 0 Å². The first-order valence-corrected chi connectivity index (χ1v) is 6.88. The number of carbonyl (C=O) groups excluding carboxylic acids is 1. The lowest BCUT2D eigenvalue weighted by Crippen LogP contribution is -2.27. The molecule has 1 atom stereocenters. The summed E-state index contributed by atoms with van der Waals surface area (Å²) < 4.78 is 13.9. The molecule has 0 unspecified atom stereocenters. The van der Waals surface area contributed by atoms with Crippen molar-refractivity contribution in [2.45, 2.75) is 13.0 Å². The van der Waals surface area contributed by atoms with Gasteiger partial charge < -0.3 is 11.1 Å². The first kappa shape index (κ1) is 14.5. The quantitative estimate of drug-likeness (QED) is 0.840. The standard InChI is InChI=1S/C15H14BrFN2O/c1-9(10-3-2-4-12(17)7-10)19-15(20)13-8-11(16)5-6-14(13)18/h2-9H,18H2,1H3,(H,19,20)/t9-/m0/s1. The molecule has 2 rings (SSSR count). The normalized spacial score (nSPS) is 11.9. The molecule has 2 aromatic carbocycles. The van der Waals surface area contributed by atoms with E-state index in [1.165, 1.54) is 12.1 Å². The fourth-order valence-corrected chi connectivity index (χ4v) is 2.22. The summed E-state index contributed by atoms with van der Waals surface area (Å²) >= 11 is 3.30. The molecular formula is C15H14BrFN2O. The van der Waals surface area contributed by atoms with Crippen molar-refractivity contribution in [1.82, 2.24) is 5.32 Å². The number of nitrogen functional groups attached to an aromatic ring is 1. The Morgan fingerprint density at radius 1 is 1.30 bits per heavy atom. The zero-order valence-electron chi connectivity index (χ0n) is 10.9. The molecule has 0 spiro atoms. The lowest BCUT2D eigenvalue weighted by Gasteiger charge is -2.15. The Kier molecular flexibility index (Phi) is 4.39. The minimum absolute atomic E-state index is 0.291. The minimum Gasteiger partial charge on any atom is -0.398 e. The molecular weight excluding hydrogens is 323 g/mol. The molecule has 3 N–H and O–H groups in total. The maximum atomic E-state index is 13.2. The van der Waals surface area contributed by atoms with Crippen LogP contribution in [0, 0.1) is 5.82 Å². The fourth-order valence-electron chi connectivity index (χ4n) is 1.86. The Morgan fingerprint density at radius 2 is 2.05 bits per heavy atom. The largest absolute Gasteiger partial charge is 0.398 e. The smallest absolute Gasteiger partial charge is 0.253 e. The monoisotopic (exact) mass is 336 g/mol. The highest BCUT2D eigenvalue weighted by molar-refractivity contribution is 9.10. The van der Waals surface area contributed by atoms with E-state index in [-0.39, 0.29) is 17.8 Å². The first-order valence-electron chi connectivity index (χ1n) is 6.08. The van der Waals surface area contributed by atoms with Crippen LogP contribution in [0.4, 0.5) is 10.1 Å². The number of nitrogens with two attached hydrogens (primary N) is 1. The molecule has 0 radical (unpaired) electrons. The molecule has 5 heteroatoms. The van der Waals surface area contributed by atoms with Crippen LogP contribution in [-0.2, 0) is 0 Å². The molecule has 1 amide bonds. The number of nitrogens with one attached hydrogen (secondary N) is 1. The van der Waals surface area contributed by atoms with Crippen molar-refractivity contribution in [3.63, 3.8) is 0 Å². The molecule has 0 aliphatic heterocycles. The molecule has 0 aliphatic rings. The summed E-state index contributed by atoms with van der Waals surface area (Å²) in [5, 5.41) is 2.80. The highest BCUT2D eigenvalue weighted by Gasteiger charge is 2.14. The van der Waals surface area contributed by atoms with E-state index in [1.807, 2.05) is 0 Å². The van der Waals surface area contributed by atoms with Gasteiger partial charge in [0.25, 0.3) is 5.91 Å². The number of amides is 1. The van der Waals surface area contributed by atoms with Crippen LogP contribution < -0.4 is 11.1 Å². The molecule has 0 heterocycles. The first-order chi connectivity index (χ1) is 9.47. The molecule has 104 valence electrons. The van der Waals surface area contributed by atoms with Crippen molar-refractivity contribution in [2.75, 3.05) is 5.73 Å². The molecule has 0 saturated heterocycles. The van der Waals surface area contributed by atoms with E-state index < -0.39 is 0 Å². The summed E-state index contributed by atoms with van der Waals surface area (Å²) in [4.78, 5) is 12.2. The molecule has 3 nitrogen and oxygen atoms in total. The fraction of sp³-hybridized carbons (Fsp3) is 0.133. The summed E-state index contributed by atoms with van der Waals surface area (Å²) in [6.45, 7) is 1.79. The van der Waals surface area contributed by atoms with E-state index in [4.69, 9.17) is 5.73 Å². The van der Waals surface area contributed by atoms with Crippen LogP contribution in [0.5, 0.6) is 0 Å². The lowest BCUT2D eigenvalue weighted by atomic mass is 10.1. The van der Waals surface area contributed by atoms with Gasteiger partial charge in [0.2, 0.25) is 0 Å². The van der Waals surface area contributed by atoms with Gasteiger partial charge in [-0.2, -0.15) is 0 Å². The number of hydrogen-bond donors (Lipinski definition) is 2. The van der Waals surface area contributed by atoms with E-state index in [2.05, 4.69) is 21.2 Å². The van der Waals surface area contributed by atoms with Crippen LogP contribution in [0.3, 0.4) is 0 Å². The molecule has 2 aromatic rings. The number of halogens is 2. The van der Waals surface area contributed by atoms with Gasteiger partial charge in [-0.05, 0) is 42.8 Å². The third kappa shape index (κ3) is 3.36. The Hall–Kier alpha value is -1.88. The number of carbonyl (C=O) groups is 1. The van der Waals surface area contributed by atoms with Gasteiger partial charge in [-0.3, -0.25) is 4.79 Å². The van der Waals surface area contributed by atoms with E-state index in [0.29, 0.717) is 16.8 Å². The van der Waals surface area contributed by atoms with Crippen molar-refractivity contribution < 1.29 is 9.18 Å². The van der Waals surface area contributed by atoms with Crippen molar-refractivity contribution in [1.29, 1.82) is 0 Å². The zero-order chi connectivity index (χ0) is 14.7. The second kappa shape index (κ2) is 6.05. The van der Waals surface area contributed by atoms with E-state index >= 15 is 0 Å². The van der Waals surface area contributed by atoms with Crippen molar-refractivity contribution in [3.05, 3.63) is 63.9 Å². The second-order valence-electron chi connectivity index (χ2n) is 4.48. The molecule has 0 aliphatic carbocycles. The molecule has 0 aromatic heterocycles. The Morgan fingerprint density at radius 3 is 2.75 bits per heavy atom. The van der Waals surface area contributed by atoms with Gasteiger partial charge in [-0.1, -0.05) is 28.1 Å². The summed E-state index contributed by atoms with van der Waals surface area (Å²) in [6.07, 6.45) is 0. The van der Waals surface area contributed by atoms with Gasteiger partial charge in [0, 0.05) is 10.2 Å². The predicted octanol–water partition coefficient (Wildman–Crippen LogP) is 3.66. The third-order valence-corrected chi connectivity index (χ3v) is 3.45. The van der Waals surface area contributed by atoms with Crippen LogP contribution in [0.1, 0.15) is 28.9 Å². The Bertz CT molecular complexity index is 646. The lowest BCUT2D eigenvalue weighted by molar-refractivity contribution is 0.0940. The number of hydrogen-bond acceptors (Lipinski definition) is 2. The number of rotatable bonds is 3. The van der Waals surface area contributed by atoms with Gasteiger partial charge in [0.15, 0.2) is 0 Å². The van der Waals surface area contributed by atoms with Crippen LogP contribution >= 0.6 is 15.9 Å². The van der Waals surface area contributed by atoms with Crippen LogP contribution in [-0.4, -0.2) is 5.91 Å². The average molecular weight is 337 g/mol. The summed E-state index contributed by atoms with van der Waals surface area (Å²) in [7, 11) is 0. The predicted molar refractivity (Wildman–Crippen MR) is 80.8 cm³/mol. The van der Waals surface area contributed by atoms with Crippen molar-refractivity contribution >= 4 is 27.5 Å². The van der Waals surface area contributed by atoms with E-state index in [0.717, 1.165) is 4.47 Å². The molecule has 0 bridgehead atoms. The third-order valence-electron chi connectivity index (χ3n) is 2.96. The average Bonchev–Trinajstić information content (AvgIpc) is 2.41. The zero-order valence-corrected chi connectivity index (χ0v) is 12.4. The Balaban J connectivity index is 2.17. The maximum Gasteiger partial charge on any atom is 0.253 e. The van der Waals surface area contributed by atoms with E-state index in [1.54, 1.807) is 37.3 Å². The van der Waals surface area contributed by atoms with Crippen LogP contribution in [0.15, 0.2) is 46.9 Å². The van der Waals surface area contributed by atoms with E-state index in [9.17, 15) is 9.18 Å². The van der Waals surface area contributed by atoms with Gasteiger partial charge in [0.05, 0.1) is 11.6 Å². The summed E-state index contributed by atoms with van der Waals surface area (Å²) in [5.41, 5.74) is 7.28. The van der Waals surface area contributed by atoms with Gasteiger partial charge in [0.1, 0.15) is 5.82 Å². The number of anilines is 1. The SMILES string of the molecule is C[C@H](NC(=O)c1cc(Br)ccc1N)c1cccc(F)c1. The highest BCUT2D eigenvalue weighted by Crippen LogP contribution is 2.20. The highest BCUT2D eigenvalue weighted by atomic mass is 79.9. The maximum absolute atomic E-state index is 13.2. The second-order valence-corrected chi connectivity index (χ2v) is 5.40. The molecule has 20 heavy (non-hydrogen) atoms. The van der Waals surface area contributed by atoms with Crippen molar-refractivity contribution in [2.24, 2.45) is 0 Å². The van der Waals surface area contributed by atoms with Gasteiger partial charge in [-0.25, -0.2) is 4.39 Å². The van der Waals surface area contributed by atoms with Gasteiger partial charge >= 0.3 is 0 Å². The van der Waals surface area contributed by atoms with Gasteiger partial charge in [-0.15, -0.1) is 0 Å². The molecule has 0 saturated carbocycles. The Labute approximate surface area is 125 Å². The van der Waals surface area contributed by atoms with Crippen molar-refractivity contribution in [3.8, 4) is 0 Å². The summed E-state index contributed by atoms with van der Waals surface area (Å²) in [6, 6.07) is 10.9.